The van der Waals surface area contributed by atoms with Crippen molar-refractivity contribution in [3.63, 3.8) is 0 Å². The molecule has 1 saturated carbocycles. The smallest absolute Gasteiger partial charge is 0.303 e. The van der Waals surface area contributed by atoms with Gasteiger partial charge in [-0.05, 0) is 38.0 Å². The fourth-order valence-corrected chi connectivity index (χ4v) is 2.84. The molecule has 0 aromatic rings. The second-order valence-corrected chi connectivity index (χ2v) is 5.51. The monoisotopic (exact) mass is 266 g/mol. The zero-order valence-electron chi connectivity index (χ0n) is 11.9. The van der Waals surface area contributed by atoms with Crippen molar-refractivity contribution >= 4 is 11.8 Å². The Labute approximate surface area is 116 Å². The lowest BCUT2D eigenvalue weighted by Gasteiger charge is -2.16. The van der Waals surface area contributed by atoms with Gasteiger partial charge in [0.05, 0.1) is 0 Å². The molecular weight excluding hydrogens is 240 g/mol. The quantitative estimate of drug-likeness (QED) is 0.507. The Hall–Kier alpha value is -1.12. The molecule has 1 aliphatic rings. The van der Waals surface area contributed by atoms with Gasteiger partial charge in [-0.1, -0.05) is 31.9 Å². The molecule has 1 fully saturated rings. The number of hydrogen-bond donors (Lipinski definition) is 1. The number of carbonyl (C=O) groups excluding carboxylic acids is 1. The maximum atomic E-state index is 11.8. The molecule has 108 valence electrons. The number of hydrogen-bond acceptors (Lipinski definition) is 2. The van der Waals surface area contributed by atoms with E-state index in [1.54, 1.807) is 0 Å². The molecule has 1 unspecified atom stereocenters. The predicted molar refractivity (Wildman–Crippen MR) is 76.0 cm³/mol. The number of rotatable bonds is 9. The molecule has 1 N–H and O–H groups in total. The number of carboxylic acid groups (broad SMARTS) is 1. The molecular formula is C16H26O3. The largest absolute Gasteiger partial charge is 0.481 e. The summed E-state index contributed by atoms with van der Waals surface area (Å²) in [5, 5.41) is 8.53. The van der Waals surface area contributed by atoms with Gasteiger partial charge in [-0.2, -0.15) is 0 Å². The minimum Gasteiger partial charge on any atom is -0.481 e. The SMILES string of the molecule is CCCCC1CCC(=O)[C@@H]1C/C=C\CCCC(=O)O. The van der Waals surface area contributed by atoms with Gasteiger partial charge >= 0.3 is 5.97 Å². The number of allylic oxidation sites excluding steroid dienone is 2. The van der Waals surface area contributed by atoms with E-state index in [0.29, 0.717) is 18.1 Å². The fourth-order valence-electron chi connectivity index (χ4n) is 2.84. The zero-order valence-corrected chi connectivity index (χ0v) is 11.9. The summed E-state index contributed by atoms with van der Waals surface area (Å²) in [6.45, 7) is 2.19. The number of carboxylic acids is 1. The first-order chi connectivity index (χ1) is 9.15. The van der Waals surface area contributed by atoms with E-state index in [1.165, 1.54) is 19.3 Å². The topological polar surface area (TPSA) is 54.4 Å². The van der Waals surface area contributed by atoms with E-state index < -0.39 is 5.97 Å². The Bertz CT molecular complexity index is 320. The van der Waals surface area contributed by atoms with Gasteiger partial charge in [0.2, 0.25) is 0 Å². The van der Waals surface area contributed by atoms with Crippen LogP contribution in [0.2, 0.25) is 0 Å². The molecule has 0 heterocycles. The molecule has 0 bridgehead atoms. The van der Waals surface area contributed by atoms with Crippen LogP contribution in [0.5, 0.6) is 0 Å². The molecule has 0 radical (unpaired) electrons. The van der Waals surface area contributed by atoms with E-state index in [2.05, 4.69) is 13.0 Å². The molecule has 0 amide bonds. The van der Waals surface area contributed by atoms with Crippen molar-refractivity contribution in [3.8, 4) is 0 Å². The normalized spacial score (nSPS) is 23.3. The highest BCUT2D eigenvalue weighted by molar-refractivity contribution is 5.83. The van der Waals surface area contributed by atoms with Crippen molar-refractivity contribution in [1.29, 1.82) is 0 Å². The van der Waals surface area contributed by atoms with Crippen LogP contribution in [-0.2, 0) is 9.59 Å². The molecule has 2 atom stereocenters. The second-order valence-electron chi connectivity index (χ2n) is 5.51. The highest BCUT2D eigenvalue weighted by Gasteiger charge is 2.32. The first-order valence-electron chi connectivity index (χ1n) is 7.54. The molecule has 3 nitrogen and oxygen atoms in total. The first kappa shape index (κ1) is 15.9. The second kappa shape index (κ2) is 8.89. The number of Topliss-reactive ketones (excluding diaryl/α,β-unsaturated/α-hetero) is 1. The van der Waals surface area contributed by atoms with Gasteiger partial charge in [0.25, 0.3) is 0 Å². The van der Waals surface area contributed by atoms with Crippen LogP contribution in [0.1, 0.15) is 64.7 Å². The van der Waals surface area contributed by atoms with Crippen molar-refractivity contribution in [2.45, 2.75) is 64.7 Å². The summed E-state index contributed by atoms with van der Waals surface area (Å²) >= 11 is 0. The van der Waals surface area contributed by atoms with Crippen LogP contribution in [-0.4, -0.2) is 16.9 Å². The summed E-state index contributed by atoms with van der Waals surface area (Å²) in [5.74, 6) is 0.494. The molecule has 0 aromatic heterocycles. The number of carbonyl (C=O) groups is 2. The Morgan fingerprint density at radius 2 is 2.16 bits per heavy atom. The van der Waals surface area contributed by atoms with Crippen LogP contribution in [0.4, 0.5) is 0 Å². The predicted octanol–water partition coefficient (Wildman–Crippen LogP) is 3.97. The van der Waals surface area contributed by atoms with Gasteiger partial charge in [0.1, 0.15) is 5.78 Å². The highest BCUT2D eigenvalue weighted by atomic mass is 16.4. The Morgan fingerprint density at radius 1 is 1.37 bits per heavy atom. The molecule has 0 saturated heterocycles. The average molecular weight is 266 g/mol. The van der Waals surface area contributed by atoms with Crippen molar-refractivity contribution in [2.24, 2.45) is 11.8 Å². The molecule has 19 heavy (non-hydrogen) atoms. The van der Waals surface area contributed by atoms with Crippen molar-refractivity contribution in [3.05, 3.63) is 12.2 Å². The lowest BCUT2D eigenvalue weighted by Crippen LogP contribution is -2.13. The summed E-state index contributed by atoms with van der Waals surface area (Å²) in [6, 6.07) is 0. The first-order valence-corrected chi connectivity index (χ1v) is 7.54. The van der Waals surface area contributed by atoms with Crippen LogP contribution < -0.4 is 0 Å². The lowest BCUT2D eigenvalue weighted by molar-refractivity contribution is -0.137. The lowest BCUT2D eigenvalue weighted by atomic mass is 9.88. The molecule has 1 aliphatic carbocycles. The summed E-state index contributed by atoms with van der Waals surface area (Å²) in [6.07, 6.45) is 12.1. The maximum absolute atomic E-state index is 11.8. The van der Waals surface area contributed by atoms with Crippen molar-refractivity contribution < 1.29 is 14.7 Å². The van der Waals surface area contributed by atoms with E-state index in [-0.39, 0.29) is 12.3 Å². The van der Waals surface area contributed by atoms with E-state index in [1.807, 2.05) is 6.08 Å². The van der Waals surface area contributed by atoms with Gasteiger partial charge in [-0.15, -0.1) is 0 Å². The molecule has 0 spiro atoms. The van der Waals surface area contributed by atoms with Crippen molar-refractivity contribution in [2.75, 3.05) is 0 Å². The molecule has 0 aromatic carbocycles. The van der Waals surface area contributed by atoms with Crippen molar-refractivity contribution in [1.82, 2.24) is 0 Å². The van der Waals surface area contributed by atoms with Crippen LogP contribution in [0.25, 0.3) is 0 Å². The van der Waals surface area contributed by atoms with Gasteiger partial charge in [-0.3, -0.25) is 9.59 Å². The summed E-state index contributed by atoms with van der Waals surface area (Å²) in [7, 11) is 0. The van der Waals surface area contributed by atoms with E-state index >= 15 is 0 Å². The summed E-state index contributed by atoms with van der Waals surface area (Å²) < 4.78 is 0. The third-order valence-corrected chi connectivity index (χ3v) is 3.99. The van der Waals surface area contributed by atoms with Gasteiger partial charge in [-0.25, -0.2) is 0 Å². The van der Waals surface area contributed by atoms with E-state index in [0.717, 1.165) is 25.7 Å². The fraction of sp³-hybridized carbons (Fsp3) is 0.750. The summed E-state index contributed by atoms with van der Waals surface area (Å²) in [5.41, 5.74) is 0. The van der Waals surface area contributed by atoms with Gasteiger partial charge in [0, 0.05) is 18.8 Å². The third kappa shape index (κ3) is 6.04. The van der Waals surface area contributed by atoms with E-state index in [9.17, 15) is 9.59 Å². The third-order valence-electron chi connectivity index (χ3n) is 3.99. The maximum Gasteiger partial charge on any atom is 0.303 e. The van der Waals surface area contributed by atoms with Crippen LogP contribution in [0.3, 0.4) is 0 Å². The average Bonchev–Trinajstić information content (AvgIpc) is 2.72. The molecule has 0 aliphatic heterocycles. The zero-order chi connectivity index (χ0) is 14.1. The number of aliphatic carboxylic acids is 1. The van der Waals surface area contributed by atoms with Crippen LogP contribution in [0.15, 0.2) is 12.2 Å². The standard InChI is InChI=1S/C16H26O3/c1-2-3-8-13-11-12-15(17)14(13)9-6-4-5-7-10-16(18)19/h4,6,13-14H,2-3,5,7-12H2,1H3,(H,18,19)/b6-4-/t13?,14-/m1/s1. The summed E-state index contributed by atoms with van der Waals surface area (Å²) in [4.78, 5) is 22.2. The Balaban J connectivity index is 2.26. The van der Waals surface area contributed by atoms with Crippen LogP contribution >= 0.6 is 0 Å². The minimum atomic E-state index is -0.737. The molecule has 1 rings (SSSR count). The highest BCUT2D eigenvalue weighted by Crippen LogP contribution is 2.35. The Kier molecular flexibility index (Phi) is 7.46. The minimum absolute atomic E-state index is 0.224. The number of ketones is 1. The number of unbranched alkanes of at least 4 members (excludes halogenated alkanes) is 2. The van der Waals surface area contributed by atoms with Gasteiger partial charge in [0.15, 0.2) is 0 Å². The molecule has 3 heteroatoms. The van der Waals surface area contributed by atoms with Gasteiger partial charge < -0.3 is 5.11 Å². The van der Waals surface area contributed by atoms with Crippen LogP contribution in [0, 0.1) is 11.8 Å². The Morgan fingerprint density at radius 3 is 2.84 bits per heavy atom. The van der Waals surface area contributed by atoms with E-state index in [4.69, 9.17) is 5.11 Å².